The molecule has 0 fully saturated rings. The van der Waals surface area contributed by atoms with Crippen LogP contribution in [0.2, 0.25) is 0 Å². The van der Waals surface area contributed by atoms with Crippen molar-refractivity contribution in [3.8, 4) is 0 Å². The summed E-state index contributed by atoms with van der Waals surface area (Å²) in [4.78, 5) is 32.5. The monoisotopic (exact) mass is 330 g/mol. The Labute approximate surface area is 116 Å². The fraction of sp³-hybridized carbons (Fsp3) is 0.273. The molecule has 1 aromatic carbocycles. The summed E-state index contributed by atoms with van der Waals surface area (Å²) in [5.41, 5.74) is -0.445. The van der Waals surface area contributed by atoms with E-state index in [9.17, 15) is 19.7 Å². The topological polar surface area (TPSA) is 110 Å². The van der Waals surface area contributed by atoms with E-state index in [1.807, 2.05) is 0 Å². The summed E-state index contributed by atoms with van der Waals surface area (Å²) < 4.78 is 0.481. The van der Waals surface area contributed by atoms with Gasteiger partial charge in [0.25, 0.3) is 11.6 Å². The van der Waals surface area contributed by atoms with Crippen LogP contribution >= 0.6 is 15.9 Å². The summed E-state index contributed by atoms with van der Waals surface area (Å²) in [6.45, 7) is 1.51. The number of rotatable bonds is 5. The summed E-state index contributed by atoms with van der Waals surface area (Å²) in [5.74, 6) is -1.73. The highest BCUT2D eigenvalue weighted by molar-refractivity contribution is 9.10. The molecule has 0 saturated heterocycles. The van der Waals surface area contributed by atoms with Crippen LogP contribution in [0.15, 0.2) is 22.7 Å². The van der Waals surface area contributed by atoms with Crippen LogP contribution < -0.4 is 5.32 Å². The predicted molar refractivity (Wildman–Crippen MR) is 70.0 cm³/mol. The van der Waals surface area contributed by atoms with Crippen LogP contribution in [0, 0.1) is 10.1 Å². The largest absolute Gasteiger partial charge is 0.481 e. The number of halogens is 1. The Morgan fingerprint density at radius 2 is 2.16 bits per heavy atom. The Kier molecular flexibility index (Phi) is 4.99. The molecule has 0 bridgehead atoms. The van der Waals surface area contributed by atoms with E-state index in [-0.39, 0.29) is 17.7 Å². The summed E-state index contributed by atoms with van der Waals surface area (Å²) in [6.07, 6.45) is -0.254. The smallest absolute Gasteiger partial charge is 0.305 e. The molecule has 102 valence electrons. The van der Waals surface area contributed by atoms with E-state index >= 15 is 0 Å². The van der Waals surface area contributed by atoms with Gasteiger partial charge in [0.1, 0.15) is 5.56 Å². The summed E-state index contributed by atoms with van der Waals surface area (Å²) in [5, 5.41) is 21.8. The Bertz CT molecular complexity index is 532. The zero-order chi connectivity index (χ0) is 14.6. The molecule has 7 nitrogen and oxygen atoms in total. The van der Waals surface area contributed by atoms with Gasteiger partial charge >= 0.3 is 5.97 Å². The van der Waals surface area contributed by atoms with Gasteiger partial charge in [-0.1, -0.05) is 15.9 Å². The van der Waals surface area contributed by atoms with Crippen molar-refractivity contribution >= 4 is 33.5 Å². The highest BCUT2D eigenvalue weighted by atomic mass is 79.9. The van der Waals surface area contributed by atoms with Gasteiger partial charge in [-0.3, -0.25) is 19.7 Å². The number of carboxylic acids is 1. The van der Waals surface area contributed by atoms with Gasteiger partial charge in [0.15, 0.2) is 0 Å². The number of amides is 1. The van der Waals surface area contributed by atoms with Gasteiger partial charge < -0.3 is 10.4 Å². The van der Waals surface area contributed by atoms with E-state index in [4.69, 9.17) is 5.11 Å². The van der Waals surface area contributed by atoms with E-state index in [2.05, 4.69) is 21.2 Å². The van der Waals surface area contributed by atoms with Crippen molar-refractivity contribution in [2.45, 2.75) is 19.4 Å². The molecule has 0 aliphatic carbocycles. The molecule has 0 aliphatic rings. The Morgan fingerprint density at radius 3 is 2.68 bits per heavy atom. The van der Waals surface area contributed by atoms with Crippen LogP contribution in [-0.2, 0) is 4.79 Å². The molecule has 1 atom stereocenters. The van der Waals surface area contributed by atoms with Crippen molar-refractivity contribution in [2.75, 3.05) is 0 Å². The van der Waals surface area contributed by atoms with Gasteiger partial charge in [0.05, 0.1) is 11.3 Å². The van der Waals surface area contributed by atoms with Crippen molar-refractivity contribution in [3.05, 3.63) is 38.3 Å². The van der Waals surface area contributed by atoms with Crippen molar-refractivity contribution < 1.29 is 19.6 Å². The molecule has 0 saturated carbocycles. The molecule has 0 aliphatic heterocycles. The van der Waals surface area contributed by atoms with Gasteiger partial charge in [0, 0.05) is 16.6 Å². The molecule has 1 unspecified atom stereocenters. The van der Waals surface area contributed by atoms with Gasteiger partial charge in [-0.15, -0.1) is 0 Å². The maximum absolute atomic E-state index is 11.8. The van der Waals surface area contributed by atoms with Crippen LogP contribution in [-0.4, -0.2) is 27.9 Å². The van der Waals surface area contributed by atoms with E-state index in [0.29, 0.717) is 4.47 Å². The molecule has 1 rings (SSSR count). The normalized spacial score (nSPS) is 11.7. The highest BCUT2D eigenvalue weighted by Crippen LogP contribution is 2.23. The number of benzene rings is 1. The first-order valence-corrected chi connectivity index (χ1v) is 6.07. The lowest BCUT2D eigenvalue weighted by molar-refractivity contribution is -0.385. The molecular weight excluding hydrogens is 320 g/mol. The molecule has 0 spiro atoms. The van der Waals surface area contributed by atoms with Crippen LogP contribution in [0.5, 0.6) is 0 Å². The molecule has 1 aromatic rings. The zero-order valence-electron chi connectivity index (χ0n) is 9.92. The van der Waals surface area contributed by atoms with Gasteiger partial charge in [0.2, 0.25) is 0 Å². The van der Waals surface area contributed by atoms with Crippen LogP contribution in [0.4, 0.5) is 5.69 Å². The Hall–Kier alpha value is -1.96. The maximum atomic E-state index is 11.8. The van der Waals surface area contributed by atoms with Crippen molar-refractivity contribution in [3.63, 3.8) is 0 Å². The van der Waals surface area contributed by atoms with Crippen LogP contribution in [0.3, 0.4) is 0 Å². The van der Waals surface area contributed by atoms with E-state index < -0.39 is 22.8 Å². The third-order valence-corrected chi connectivity index (χ3v) is 2.75. The van der Waals surface area contributed by atoms with Gasteiger partial charge in [-0.25, -0.2) is 0 Å². The minimum absolute atomic E-state index is 0.106. The standard InChI is InChI=1S/C11H11BrN2O5/c1-6(4-10(15)16)13-11(17)8-3-2-7(12)5-9(8)14(18)19/h2-3,5-6H,4H2,1H3,(H,13,17)(H,15,16). The van der Waals surface area contributed by atoms with E-state index in [0.717, 1.165) is 0 Å². The fourth-order valence-corrected chi connectivity index (χ4v) is 1.81. The number of aliphatic carboxylic acids is 1. The van der Waals surface area contributed by atoms with Gasteiger partial charge in [-0.2, -0.15) is 0 Å². The van der Waals surface area contributed by atoms with Gasteiger partial charge in [-0.05, 0) is 19.1 Å². The molecular formula is C11H11BrN2O5. The Morgan fingerprint density at radius 1 is 1.53 bits per heavy atom. The molecule has 1 amide bonds. The lowest BCUT2D eigenvalue weighted by Gasteiger charge is -2.11. The maximum Gasteiger partial charge on any atom is 0.305 e. The molecule has 0 heterocycles. The molecule has 8 heteroatoms. The first-order valence-electron chi connectivity index (χ1n) is 5.28. The number of carbonyl (C=O) groups excluding carboxylic acids is 1. The SMILES string of the molecule is CC(CC(=O)O)NC(=O)c1ccc(Br)cc1[N+](=O)[O-]. The first kappa shape index (κ1) is 15.1. The third-order valence-electron chi connectivity index (χ3n) is 2.26. The number of nitrogens with one attached hydrogen (secondary N) is 1. The molecule has 0 radical (unpaired) electrons. The lowest BCUT2D eigenvalue weighted by atomic mass is 10.1. The van der Waals surface area contributed by atoms with Crippen molar-refractivity contribution in [1.82, 2.24) is 5.32 Å². The fourth-order valence-electron chi connectivity index (χ4n) is 1.46. The van der Waals surface area contributed by atoms with Crippen molar-refractivity contribution in [2.24, 2.45) is 0 Å². The number of nitro benzene ring substituents is 1. The molecule has 0 aromatic heterocycles. The number of nitrogens with zero attached hydrogens (tertiary/aromatic N) is 1. The second-order valence-corrected chi connectivity index (χ2v) is 4.81. The third kappa shape index (κ3) is 4.32. The number of hydrogen-bond donors (Lipinski definition) is 2. The summed E-state index contributed by atoms with van der Waals surface area (Å²) in [7, 11) is 0. The second-order valence-electron chi connectivity index (χ2n) is 3.89. The highest BCUT2D eigenvalue weighted by Gasteiger charge is 2.22. The predicted octanol–water partition coefficient (Wildman–Crippen LogP) is 1.95. The average molecular weight is 331 g/mol. The first-order chi connectivity index (χ1) is 8.81. The number of carbonyl (C=O) groups is 2. The van der Waals surface area contributed by atoms with Crippen LogP contribution in [0.1, 0.15) is 23.7 Å². The van der Waals surface area contributed by atoms with Crippen molar-refractivity contribution in [1.29, 1.82) is 0 Å². The number of hydrogen-bond acceptors (Lipinski definition) is 4. The minimum Gasteiger partial charge on any atom is -0.481 e. The summed E-state index contributed by atoms with van der Waals surface area (Å²) >= 11 is 3.08. The number of nitro groups is 1. The van der Waals surface area contributed by atoms with Crippen LogP contribution in [0.25, 0.3) is 0 Å². The summed E-state index contributed by atoms with van der Waals surface area (Å²) in [6, 6.07) is 3.42. The number of carboxylic acid groups (broad SMARTS) is 1. The Balaban J connectivity index is 2.93. The minimum atomic E-state index is -1.06. The molecule has 2 N–H and O–H groups in total. The average Bonchev–Trinajstić information content (AvgIpc) is 2.27. The second kappa shape index (κ2) is 6.28. The van der Waals surface area contributed by atoms with E-state index in [1.54, 1.807) is 0 Å². The lowest BCUT2D eigenvalue weighted by Crippen LogP contribution is -2.34. The zero-order valence-corrected chi connectivity index (χ0v) is 11.5. The van der Waals surface area contributed by atoms with E-state index in [1.165, 1.54) is 25.1 Å². The quantitative estimate of drug-likeness (QED) is 0.633. The molecule has 19 heavy (non-hydrogen) atoms.